The number of hydrogen-bond acceptors (Lipinski definition) is 10. The number of aliphatic hydroxyl groups excluding tert-OH is 2. The van der Waals surface area contributed by atoms with Crippen LogP contribution < -0.4 is 15.4 Å². The lowest BCUT2D eigenvalue weighted by molar-refractivity contribution is 0.0480. The van der Waals surface area contributed by atoms with Crippen LogP contribution in [0.15, 0.2) is 47.5 Å². The molecule has 5 rings (SSSR count). The molecule has 0 bridgehead atoms. The summed E-state index contributed by atoms with van der Waals surface area (Å²) >= 11 is 0. The molecule has 1 amide bonds. The van der Waals surface area contributed by atoms with Gasteiger partial charge in [0.15, 0.2) is 12.2 Å². The van der Waals surface area contributed by atoms with Crippen LogP contribution in [0.3, 0.4) is 0 Å². The lowest BCUT2D eigenvalue weighted by Gasteiger charge is -2.38. The minimum Gasteiger partial charge on any atom is -0.485 e. The highest BCUT2D eigenvalue weighted by Crippen LogP contribution is 2.30. The van der Waals surface area contributed by atoms with E-state index in [1.54, 1.807) is 24.5 Å². The Hall–Kier alpha value is -3.51. The highest BCUT2D eigenvalue weighted by atomic mass is 16.5. The van der Waals surface area contributed by atoms with E-state index < -0.39 is 6.10 Å². The van der Waals surface area contributed by atoms with Gasteiger partial charge in [0.25, 0.3) is 5.91 Å². The molecule has 3 aromatic rings. The first-order valence-corrected chi connectivity index (χ1v) is 12.8. The number of anilines is 1. The molecule has 4 N–H and O–H groups in total. The molecule has 11 heteroatoms. The molecule has 0 spiro atoms. The molecular formula is C27H34N6O5. The molecule has 202 valence electrons. The SMILES string of the molecule is Cc1c(OCc2cnco2)ccc2c1CCN(C[C@@H](O)CNC(=O)c1ccnc(NC3CN(CO)C3)c1)C2. The first-order valence-electron chi connectivity index (χ1n) is 12.8. The number of oxazole rings is 1. The maximum Gasteiger partial charge on any atom is 0.251 e. The average molecular weight is 523 g/mol. The molecule has 0 radical (unpaired) electrons. The summed E-state index contributed by atoms with van der Waals surface area (Å²) in [7, 11) is 0. The van der Waals surface area contributed by atoms with Gasteiger partial charge in [0.2, 0.25) is 0 Å². The van der Waals surface area contributed by atoms with Gasteiger partial charge in [-0.25, -0.2) is 9.97 Å². The molecule has 2 aromatic heterocycles. The summed E-state index contributed by atoms with van der Waals surface area (Å²) in [6.07, 6.45) is 4.81. The lowest BCUT2D eigenvalue weighted by Crippen LogP contribution is -2.54. The zero-order valence-electron chi connectivity index (χ0n) is 21.5. The van der Waals surface area contributed by atoms with Gasteiger partial charge in [0, 0.05) is 51.0 Å². The molecule has 1 fully saturated rings. The first kappa shape index (κ1) is 26.1. The third kappa shape index (κ3) is 6.30. The van der Waals surface area contributed by atoms with Crippen molar-refractivity contribution in [3.05, 3.63) is 71.1 Å². The van der Waals surface area contributed by atoms with Gasteiger partial charge in [-0.1, -0.05) is 6.07 Å². The fraction of sp³-hybridized carbons (Fsp3) is 0.444. The van der Waals surface area contributed by atoms with Gasteiger partial charge < -0.3 is 30.0 Å². The molecule has 11 nitrogen and oxygen atoms in total. The summed E-state index contributed by atoms with van der Waals surface area (Å²) in [6.45, 7) is 6.11. The van der Waals surface area contributed by atoms with Crippen LogP contribution in [0.5, 0.6) is 5.75 Å². The predicted octanol–water partition coefficient (Wildman–Crippen LogP) is 1.15. The monoisotopic (exact) mass is 522 g/mol. The zero-order valence-corrected chi connectivity index (χ0v) is 21.5. The Kier molecular flexibility index (Phi) is 8.18. The number of likely N-dealkylation sites (tertiary alicyclic amines) is 1. The van der Waals surface area contributed by atoms with Crippen molar-refractivity contribution in [1.29, 1.82) is 0 Å². The number of hydrogen-bond donors (Lipinski definition) is 4. The number of β-amino-alcohol motifs (C(OH)–C–C–N with tert-alkyl or cyclic N) is 1. The second kappa shape index (κ2) is 11.9. The van der Waals surface area contributed by atoms with Crippen molar-refractivity contribution in [2.75, 3.05) is 44.8 Å². The van der Waals surface area contributed by atoms with Crippen molar-refractivity contribution in [2.45, 2.75) is 38.6 Å². The third-order valence-corrected chi connectivity index (χ3v) is 7.07. The van der Waals surface area contributed by atoms with Crippen molar-refractivity contribution in [3.8, 4) is 5.75 Å². The van der Waals surface area contributed by atoms with E-state index in [1.165, 1.54) is 17.5 Å². The largest absolute Gasteiger partial charge is 0.485 e. The summed E-state index contributed by atoms with van der Waals surface area (Å²) in [4.78, 5) is 25.0. The number of carbonyl (C=O) groups is 1. The second-order valence-corrected chi connectivity index (χ2v) is 9.88. The Morgan fingerprint density at radius 2 is 2.16 bits per heavy atom. The molecule has 0 unspecified atom stereocenters. The zero-order chi connectivity index (χ0) is 26.5. The van der Waals surface area contributed by atoms with Crippen LogP contribution >= 0.6 is 0 Å². The number of fused-ring (bicyclic) bond motifs is 1. The summed E-state index contributed by atoms with van der Waals surface area (Å²) in [5.74, 6) is 1.89. The minimum atomic E-state index is -0.690. The number of ether oxygens (including phenoxy) is 1. The minimum absolute atomic E-state index is 0.0429. The Bertz CT molecular complexity index is 1230. The van der Waals surface area contributed by atoms with Crippen LogP contribution in [-0.2, 0) is 19.6 Å². The first-order chi connectivity index (χ1) is 18.5. The molecule has 0 aliphatic carbocycles. The van der Waals surface area contributed by atoms with Crippen molar-refractivity contribution >= 4 is 11.7 Å². The normalized spacial score (nSPS) is 16.9. The van der Waals surface area contributed by atoms with Gasteiger partial charge in [-0.05, 0) is 48.2 Å². The van der Waals surface area contributed by atoms with Crippen LogP contribution in [0.2, 0.25) is 0 Å². The van der Waals surface area contributed by atoms with Gasteiger partial charge in [-0.3, -0.25) is 14.6 Å². The number of carbonyl (C=O) groups excluding carboxylic acids is 1. The van der Waals surface area contributed by atoms with E-state index in [-0.39, 0.29) is 25.2 Å². The molecule has 2 aliphatic heterocycles. The maximum atomic E-state index is 12.7. The van der Waals surface area contributed by atoms with Crippen molar-refractivity contribution < 1.29 is 24.2 Å². The molecule has 0 saturated carbocycles. The lowest BCUT2D eigenvalue weighted by atomic mass is 9.94. The number of nitrogens with one attached hydrogen (secondary N) is 2. The van der Waals surface area contributed by atoms with E-state index in [0.29, 0.717) is 30.3 Å². The van der Waals surface area contributed by atoms with Gasteiger partial charge in [-0.15, -0.1) is 0 Å². The Morgan fingerprint density at radius 1 is 1.29 bits per heavy atom. The number of pyridine rings is 1. The van der Waals surface area contributed by atoms with E-state index in [4.69, 9.17) is 14.3 Å². The average Bonchev–Trinajstić information content (AvgIpc) is 3.42. The van der Waals surface area contributed by atoms with Gasteiger partial charge >= 0.3 is 0 Å². The number of aromatic nitrogens is 2. The maximum absolute atomic E-state index is 12.7. The quantitative estimate of drug-likeness (QED) is 0.290. The van der Waals surface area contributed by atoms with Crippen LogP contribution in [-0.4, -0.2) is 87.5 Å². The van der Waals surface area contributed by atoms with E-state index in [2.05, 4.69) is 38.5 Å². The Balaban J connectivity index is 1.08. The number of amides is 1. The molecule has 1 atom stereocenters. The number of aliphatic hydroxyl groups is 2. The summed E-state index contributed by atoms with van der Waals surface area (Å²) < 4.78 is 11.2. The van der Waals surface area contributed by atoms with Crippen LogP contribution in [0.4, 0.5) is 5.82 Å². The van der Waals surface area contributed by atoms with E-state index in [1.807, 2.05) is 11.0 Å². The Labute approximate surface area is 221 Å². The number of nitrogens with zero attached hydrogens (tertiary/aromatic N) is 4. The van der Waals surface area contributed by atoms with E-state index in [0.717, 1.165) is 43.9 Å². The second-order valence-electron chi connectivity index (χ2n) is 9.88. The van der Waals surface area contributed by atoms with Crippen molar-refractivity contribution in [2.24, 2.45) is 0 Å². The third-order valence-electron chi connectivity index (χ3n) is 7.07. The number of rotatable bonds is 11. The molecule has 1 aromatic carbocycles. The standard InChI is InChI=1S/C27H34N6O5/c1-18-24-5-7-32(11-20(24)2-3-25(18)37-15-23-10-28-16-38-23)14-22(35)9-30-27(36)19-4-6-29-26(8-19)31-21-12-33(13-21)17-34/h2-4,6,8,10,16,21-22,34-35H,5,7,9,11-15,17H2,1H3,(H,29,31)(H,30,36)/t22-/m0/s1. The van der Waals surface area contributed by atoms with E-state index >= 15 is 0 Å². The number of benzene rings is 1. The topological polar surface area (TPSA) is 136 Å². The van der Waals surface area contributed by atoms with Gasteiger partial charge in [-0.2, -0.15) is 0 Å². The highest BCUT2D eigenvalue weighted by molar-refractivity contribution is 5.94. The molecule has 38 heavy (non-hydrogen) atoms. The highest BCUT2D eigenvalue weighted by Gasteiger charge is 2.26. The van der Waals surface area contributed by atoms with Gasteiger partial charge in [0.1, 0.15) is 18.2 Å². The smallest absolute Gasteiger partial charge is 0.251 e. The molecular weight excluding hydrogens is 488 g/mol. The summed E-state index contributed by atoms with van der Waals surface area (Å²) in [5.41, 5.74) is 4.12. The van der Waals surface area contributed by atoms with Crippen LogP contribution in [0.25, 0.3) is 0 Å². The van der Waals surface area contributed by atoms with Crippen LogP contribution in [0, 0.1) is 6.92 Å². The molecule has 4 heterocycles. The summed E-state index contributed by atoms with van der Waals surface area (Å²) in [6, 6.07) is 7.62. The van der Waals surface area contributed by atoms with Crippen molar-refractivity contribution in [3.63, 3.8) is 0 Å². The van der Waals surface area contributed by atoms with Gasteiger partial charge in [0.05, 0.1) is 25.1 Å². The van der Waals surface area contributed by atoms with E-state index in [9.17, 15) is 9.90 Å². The fourth-order valence-corrected chi connectivity index (χ4v) is 4.96. The fourth-order valence-electron chi connectivity index (χ4n) is 4.96. The molecule has 1 saturated heterocycles. The predicted molar refractivity (Wildman–Crippen MR) is 140 cm³/mol. The van der Waals surface area contributed by atoms with Crippen LogP contribution in [0.1, 0.15) is 32.8 Å². The molecule has 2 aliphatic rings. The van der Waals surface area contributed by atoms with Crippen molar-refractivity contribution in [1.82, 2.24) is 25.1 Å². The summed E-state index contributed by atoms with van der Waals surface area (Å²) in [5, 5.41) is 25.8. The Morgan fingerprint density at radius 3 is 2.95 bits per heavy atom.